The van der Waals surface area contributed by atoms with Gasteiger partial charge >= 0.3 is 6.03 Å². The highest BCUT2D eigenvalue weighted by Crippen LogP contribution is 2.48. The number of nitrogens with zero attached hydrogens (tertiary/aromatic N) is 2. The number of nitrogens with one attached hydrogen (secondary N) is 1. The molecule has 2 aliphatic heterocycles. The molecular formula is C22H25N3O3. The summed E-state index contributed by atoms with van der Waals surface area (Å²) in [7, 11) is 0. The van der Waals surface area contributed by atoms with E-state index in [9.17, 15) is 14.7 Å². The molecule has 3 atom stereocenters. The first-order valence-corrected chi connectivity index (χ1v) is 9.80. The minimum absolute atomic E-state index is 0.0316. The van der Waals surface area contributed by atoms with Crippen molar-refractivity contribution < 1.29 is 14.7 Å². The Balaban J connectivity index is 1.67. The van der Waals surface area contributed by atoms with Gasteiger partial charge in [-0.1, -0.05) is 43.3 Å². The quantitative estimate of drug-likeness (QED) is 0.858. The Hall–Kier alpha value is -2.86. The van der Waals surface area contributed by atoms with Crippen molar-refractivity contribution in [3.63, 3.8) is 0 Å². The maximum atomic E-state index is 13.1. The first kappa shape index (κ1) is 18.5. The summed E-state index contributed by atoms with van der Waals surface area (Å²) in [4.78, 5) is 29.3. The van der Waals surface area contributed by atoms with Crippen LogP contribution in [0, 0.1) is 0 Å². The summed E-state index contributed by atoms with van der Waals surface area (Å²) in [5, 5.41) is 13.0. The second kappa shape index (κ2) is 7.64. The molecule has 146 valence electrons. The van der Waals surface area contributed by atoms with Crippen LogP contribution in [-0.4, -0.2) is 53.7 Å². The maximum absolute atomic E-state index is 13.1. The van der Waals surface area contributed by atoms with Crippen molar-refractivity contribution in [2.75, 3.05) is 24.6 Å². The fraction of sp³-hybridized carbons (Fsp3) is 0.364. The molecule has 4 rings (SSSR count). The lowest BCUT2D eigenvalue weighted by atomic mass is 9.71. The minimum atomic E-state index is -0.278. The molecule has 1 fully saturated rings. The number of aliphatic hydroxyl groups is 1. The minimum Gasteiger partial charge on any atom is -0.394 e. The van der Waals surface area contributed by atoms with Gasteiger partial charge in [-0.05, 0) is 30.2 Å². The van der Waals surface area contributed by atoms with Crippen molar-refractivity contribution in [3.05, 3.63) is 65.7 Å². The van der Waals surface area contributed by atoms with E-state index in [4.69, 9.17) is 0 Å². The van der Waals surface area contributed by atoms with E-state index in [0.29, 0.717) is 18.7 Å². The zero-order valence-electron chi connectivity index (χ0n) is 15.9. The van der Waals surface area contributed by atoms with Crippen LogP contribution >= 0.6 is 0 Å². The molecule has 3 amide bonds. The smallest absolute Gasteiger partial charge is 0.321 e. The Morgan fingerprint density at radius 1 is 1.11 bits per heavy atom. The first-order chi connectivity index (χ1) is 13.7. The molecule has 0 aromatic heterocycles. The normalized spacial score (nSPS) is 22.7. The summed E-state index contributed by atoms with van der Waals surface area (Å²) in [6, 6.07) is 16.3. The van der Waals surface area contributed by atoms with E-state index in [-0.39, 0.29) is 36.5 Å². The van der Waals surface area contributed by atoms with Crippen molar-refractivity contribution in [2.45, 2.75) is 31.3 Å². The van der Waals surface area contributed by atoms with Crippen LogP contribution in [-0.2, 0) is 0 Å². The molecule has 0 saturated carbocycles. The first-order valence-electron chi connectivity index (χ1n) is 9.80. The molecule has 0 aliphatic carbocycles. The van der Waals surface area contributed by atoms with E-state index in [1.807, 2.05) is 49.4 Å². The third-order valence-corrected chi connectivity index (χ3v) is 5.71. The van der Waals surface area contributed by atoms with E-state index in [2.05, 4.69) is 5.32 Å². The number of amides is 3. The topological polar surface area (TPSA) is 72.9 Å². The summed E-state index contributed by atoms with van der Waals surface area (Å²) in [5.41, 5.74) is 2.48. The summed E-state index contributed by atoms with van der Waals surface area (Å²) >= 11 is 0. The van der Waals surface area contributed by atoms with Gasteiger partial charge in [-0.3, -0.25) is 9.69 Å². The van der Waals surface area contributed by atoms with Crippen molar-refractivity contribution in [3.8, 4) is 0 Å². The molecule has 28 heavy (non-hydrogen) atoms. The van der Waals surface area contributed by atoms with Crippen molar-refractivity contribution >= 4 is 17.6 Å². The van der Waals surface area contributed by atoms with Gasteiger partial charge in [-0.15, -0.1) is 0 Å². The summed E-state index contributed by atoms with van der Waals surface area (Å²) in [6.07, 6.45) is 0.860. The van der Waals surface area contributed by atoms with Crippen molar-refractivity contribution in [2.24, 2.45) is 0 Å². The molecule has 6 heteroatoms. The highest BCUT2D eigenvalue weighted by molar-refractivity contribution is 5.97. The molecule has 6 nitrogen and oxygen atoms in total. The van der Waals surface area contributed by atoms with Gasteiger partial charge < -0.3 is 15.3 Å². The fourth-order valence-corrected chi connectivity index (χ4v) is 4.42. The lowest BCUT2D eigenvalue weighted by Crippen LogP contribution is -2.71. The lowest BCUT2D eigenvalue weighted by Gasteiger charge is -2.58. The number of anilines is 1. The fourth-order valence-electron chi connectivity index (χ4n) is 4.42. The van der Waals surface area contributed by atoms with Gasteiger partial charge in [0.1, 0.15) is 0 Å². The molecule has 0 spiro atoms. The predicted molar refractivity (Wildman–Crippen MR) is 107 cm³/mol. The molecule has 0 bridgehead atoms. The number of fused-ring (bicyclic) bond motifs is 3. The number of carbonyl (C=O) groups excluding carboxylic acids is 2. The van der Waals surface area contributed by atoms with Gasteiger partial charge in [0.2, 0.25) is 0 Å². The van der Waals surface area contributed by atoms with E-state index in [1.165, 1.54) is 0 Å². The molecule has 2 aromatic carbocycles. The molecule has 1 saturated heterocycles. The van der Waals surface area contributed by atoms with E-state index < -0.39 is 0 Å². The third-order valence-electron chi connectivity index (χ3n) is 5.71. The van der Waals surface area contributed by atoms with Gasteiger partial charge in [-0.25, -0.2) is 4.79 Å². The Morgan fingerprint density at radius 3 is 2.54 bits per heavy atom. The number of aliphatic hydroxyl groups excluding tert-OH is 1. The molecule has 0 radical (unpaired) electrons. The van der Waals surface area contributed by atoms with E-state index in [1.54, 1.807) is 21.9 Å². The molecule has 2 aromatic rings. The number of hydrogen-bond acceptors (Lipinski definition) is 3. The largest absolute Gasteiger partial charge is 0.394 e. The monoisotopic (exact) mass is 379 g/mol. The van der Waals surface area contributed by atoms with Crippen LogP contribution in [0.4, 0.5) is 10.5 Å². The number of benzene rings is 2. The Kier molecular flexibility index (Phi) is 5.05. The molecule has 0 unspecified atom stereocenters. The molecule has 2 heterocycles. The third kappa shape index (κ3) is 2.94. The SMILES string of the molecule is CCCNC(=O)N1C[C@H]2[C@@H](c3ccccc31)[C@H](CO)N2C(=O)c1ccccc1. The van der Waals surface area contributed by atoms with Gasteiger partial charge in [0, 0.05) is 30.3 Å². The summed E-state index contributed by atoms with van der Waals surface area (Å²) < 4.78 is 0. The number of likely N-dealkylation sites (tertiary alicyclic amines) is 1. The van der Waals surface area contributed by atoms with Crippen LogP contribution in [0.1, 0.15) is 35.2 Å². The number of carbonyl (C=O) groups is 2. The highest BCUT2D eigenvalue weighted by atomic mass is 16.3. The Bertz CT molecular complexity index is 870. The average molecular weight is 379 g/mol. The van der Waals surface area contributed by atoms with Gasteiger partial charge in [-0.2, -0.15) is 0 Å². The zero-order valence-corrected chi connectivity index (χ0v) is 15.9. The molecule has 2 N–H and O–H groups in total. The van der Waals surface area contributed by atoms with Gasteiger partial charge in [0.05, 0.1) is 18.7 Å². The zero-order chi connectivity index (χ0) is 19.7. The maximum Gasteiger partial charge on any atom is 0.321 e. The van der Waals surface area contributed by atoms with Crippen molar-refractivity contribution in [1.29, 1.82) is 0 Å². The average Bonchev–Trinajstić information content (AvgIpc) is 2.73. The van der Waals surface area contributed by atoms with Crippen LogP contribution in [0.15, 0.2) is 54.6 Å². The molecular weight excluding hydrogens is 354 g/mol. The summed E-state index contributed by atoms with van der Waals surface area (Å²) in [6.45, 7) is 2.94. The van der Waals surface area contributed by atoms with Crippen LogP contribution in [0.2, 0.25) is 0 Å². The van der Waals surface area contributed by atoms with E-state index >= 15 is 0 Å². The standard InChI is InChI=1S/C22H25N3O3/c1-2-12-23-22(28)24-13-18-20(16-10-6-7-11-17(16)24)19(14-26)25(18)21(27)15-8-4-3-5-9-15/h3-11,18-20,26H,2,12-14H2,1H3,(H,23,28)/t18-,19-,20+/m0/s1. The van der Waals surface area contributed by atoms with Gasteiger partial charge in [0.25, 0.3) is 5.91 Å². The second-order valence-corrected chi connectivity index (χ2v) is 7.32. The number of urea groups is 1. The Labute approximate surface area is 164 Å². The number of hydrogen-bond donors (Lipinski definition) is 2. The van der Waals surface area contributed by atoms with Crippen LogP contribution in [0.25, 0.3) is 0 Å². The molecule has 2 aliphatic rings. The summed E-state index contributed by atoms with van der Waals surface area (Å²) in [5.74, 6) is -0.0710. The van der Waals surface area contributed by atoms with Gasteiger partial charge in [0.15, 0.2) is 0 Å². The van der Waals surface area contributed by atoms with Crippen LogP contribution in [0.3, 0.4) is 0 Å². The number of rotatable bonds is 4. The van der Waals surface area contributed by atoms with E-state index in [0.717, 1.165) is 17.7 Å². The Morgan fingerprint density at radius 2 is 1.82 bits per heavy atom. The predicted octanol–water partition coefficient (Wildman–Crippen LogP) is 2.60. The van der Waals surface area contributed by atoms with Crippen LogP contribution < -0.4 is 10.2 Å². The second-order valence-electron chi connectivity index (χ2n) is 7.32. The van der Waals surface area contributed by atoms with Crippen molar-refractivity contribution in [1.82, 2.24) is 10.2 Å². The number of para-hydroxylation sites is 1. The lowest BCUT2D eigenvalue weighted by molar-refractivity contribution is -0.0242. The van der Waals surface area contributed by atoms with Crippen LogP contribution in [0.5, 0.6) is 0 Å². The highest BCUT2D eigenvalue weighted by Gasteiger charge is 2.55.